The number of carboxylic acid groups (broad SMARTS) is 1. The van der Waals surface area contributed by atoms with Gasteiger partial charge < -0.3 is 9.84 Å². The molecule has 0 amide bonds. The molecule has 0 saturated heterocycles. The van der Waals surface area contributed by atoms with Crippen molar-refractivity contribution >= 4 is 39.1 Å². The zero-order valence-electron chi connectivity index (χ0n) is 16.1. The van der Waals surface area contributed by atoms with Crippen molar-refractivity contribution in [2.24, 2.45) is 0 Å². The number of halogens is 1. The maximum atomic E-state index is 13.5. The van der Waals surface area contributed by atoms with E-state index in [0.717, 1.165) is 16.0 Å². The first kappa shape index (κ1) is 20.5. The molecule has 0 radical (unpaired) electrons. The van der Waals surface area contributed by atoms with Gasteiger partial charge in [0.1, 0.15) is 16.2 Å². The number of nitrogens with zero attached hydrogens (tertiary/aromatic N) is 2. The fraction of sp³-hybridized carbons (Fsp3) is 0.350. The molecule has 3 aromatic rings. The van der Waals surface area contributed by atoms with Crippen LogP contribution in [0.3, 0.4) is 0 Å². The summed E-state index contributed by atoms with van der Waals surface area (Å²) in [6.07, 6.45) is 0.339. The number of ether oxygens (including phenoxy) is 1. The molecule has 3 rings (SSSR count). The Hall–Kier alpha value is -2.22. The van der Waals surface area contributed by atoms with Gasteiger partial charge in [0.25, 0.3) is 5.56 Å². The Kier molecular flexibility index (Phi) is 5.61. The molecule has 0 aliphatic heterocycles. The summed E-state index contributed by atoms with van der Waals surface area (Å²) in [5, 5.41) is 10.8. The zero-order valence-corrected chi connectivity index (χ0v) is 17.6. The van der Waals surface area contributed by atoms with Crippen molar-refractivity contribution in [1.29, 1.82) is 0 Å². The van der Waals surface area contributed by atoms with Gasteiger partial charge in [0.15, 0.2) is 0 Å². The van der Waals surface area contributed by atoms with Crippen molar-refractivity contribution in [2.75, 3.05) is 13.7 Å². The number of hydrogen-bond acceptors (Lipinski definition) is 5. The highest BCUT2D eigenvalue weighted by Crippen LogP contribution is 2.36. The van der Waals surface area contributed by atoms with Crippen molar-refractivity contribution in [3.8, 4) is 11.1 Å². The topological polar surface area (TPSA) is 81.4 Å². The van der Waals surface area contributed by atoms with E-state index < -0.39 is 11.5 Å². The largest absolute Gasteiger partial charge is 0.480 e. The maximum Gasteiger partial charge on any atom is 0.329 e. The molecule has 0 unspecified atom stereocenters. The molecule has 1 N–H and O–H groups in total. The molecule has 2 heterocycles. The second kappa shape index (κ2) is 7.66. The minimum atomic E-state index is -1.45. The first-order valence-corrected chi connectivity index (χ1v) is 9.91. The average molecular weight is 421 g/mol. The lowest BCUT2D eigenvalue weighted by Crippen LogP contribution is -2.45. The molecule has 1 aromatic carbocycles. The SMILES string of the molecule is COCCc1nc2sc(C)c(-c3ccc(Cl)cc3)c2c(=O)n1C(C)(C)C(=O)O. The van der Waals surface area contributed by atoms with Crippen LogP contribution < -0.4 is 5.56 Å². The third kappa shape index (κ3) is 3.45. The minimum absolute atomic E-state index is 0.335. The molecular weight excluding hydrogens is 400 g/mol. The molecule has 0 fully saturated rings. The Balaban J connectivity index is 2.38. The van der Waals surface area contributed by atoms with E-state index in [2.05, 4.69) is 4.98 Å². The summed E-state index contributed by atoms with van der Waals surface area (Å²) >= 11 is 7.42. The summed E-state index contributed by atoms with van der Waals surface area (Å²) in [6.45, 7) is 5.27. The second-order valence-corrected chi connectivity index (χ2v) is 8.64. The fourth-order valence-electron chi connectivity index (χ4n) is 3.20. The van der Waals surface area contributed by atoms with Gasteiger partial charge in [-0.1, -0.05) is 23.7 Å². The van der Waals surface area contributed by atoms with Crippen LogP contribution in [0.5, 0.6) is 0 Å². The number of aryl methyl sites for hydroxylation is 1. The lowest BCUT2D eigenvalue weighted by atomic mass is 10.0. The fourth-order valence-corrected chi connectivity index (χ4v) is 4.38. The summed E-state index contributed by atoms with van der Waals surface area (Å²) in [5.41, 5.74) is -0.203. The standard InChI is InChI=1S/C20H21ClN2O4S/c1-11-15(12-5-7-13(21)8-6-12)16-17(28-11)22-14(9-10-27-4)23(18(16)24)20(2,3)19(25)26/h5-8H,9-10H2,1-4H3,(H,25,26). The lowest BCUT2D eigenvalue weighted by Gasteiger charge is -2.25. The van der Waals surface area contributed by atoms with E-state index in [1.165, 1.54) is 29.8 Å². The van der Waals surface area contributed by atoms with Crippen LogP contribution in [0.25, 0.3) is 21.3 Å². The molecule has 6 nitrogen and oxygen atoms in total. The van der Waals surface area contributed by atoms with E-state index >= 15 is 0 Å². The molecular formula is C20H21ClN2O4S. The highest BCUT2D eigenvalue weighted by atomic mass is 35.5. The molecule has 2 aromatic heterocycles. The van der Waals surface area contributed by atoms with E-state index in [0.29, 0.717) is 34.1 Å². The smallest absolute Gasteiger partial charge is 0.329 e. The van der Waals surface area contributed by atoms with Crippen LogP contribution in [0.15, 0.2) is 29.1 Å². The summed E-state index contributed by atoms with van der Waals surface area (Å²) < 4.78 is 6.40. The molecule has 0 spiro atoms. The molecule has 0 aliphatic rings. The highest BCUT2D eigenvalue weighted by Gasteiger charge is 2.34. The predicted octanol–water partition coefficient (Wildman–Crippen LogP) is 4.10. The molecule has 0 aliphatic carbocycles. The van der Waals surface area contributed by atoms with Crippen LogP contribution in [0.2, 0.25) is 5.02 Å². The van der Waals surface area contributed by atoms with Crippen molar-refractivity contribution in [3.05, 3.63) is 50.3 Å². The number of methoxy groups -OCH3 is 1. The number of carboxylic acids is 1. The van der Waals surface area contributed by atoms with E-state index in [-0.39, 0.29) is 5.56 Å². The molecule has 0 bridgehead atoms. The Labute approximate surface area is 171 Å². The third-order valence-corrected chi connectivity index (χ3v) is 5.97. The van der Waals surface area contributed by atoms with Crippen molar-refractivity contribution in [2.45, 2.75) is 32.7 Å². The van der Waals surface area contributed by atoms with Crippen molar-refractivity contribution in [3.63, 3.8) is 0 Å². The minimum Gasteiger partial charge on any atom is -0.480 e. The average Bonchev–Trinajstić information content (AvgIpc) is 2.96. The Morgan fingerprint density at radius 1 is 1.32 bits per heavy atom. The van der Waals surface area contributed by atoms with Gasteiger partial charge in [-0.15, -0.1) is 11.3 Å². The normalized spacial score (nSPS) is 11.9. The Morgan fingerprint density at radius 3 is 2.54 bits per heavy atom. The highest BCUT2D eigenvalue weighted by molar-refractivity contribution is 7.19. The van der Waals surface area contributed by atoms with Gasteiger partial charge in [-0.2, -0.15) is 0 Å². The number of thiophene rings is 1. The summed E-state index contributed by atoms with van der Waals surface area (Å²) in [4.78, 5) is 31.6. The monoisotopic (exact) mass is 420 g/mol. The van der Waals surface area contributed by atoms with Gasteiger partial charge >= 0.3 is 5.97 Å². The van der Waals surface area contributed by atoms with Crippen molar-refractivity contribution in [1.82, 2.24) is 9.55 Å². The lowest BCUT2D eigenvalue weighted by molar-refractivity contribution is -0.146. The molecule has 28 heavy (non-hydrogen) atoms. The second-order valence-electron chi connectivity index (χ2n) is 7.00. The predicted molar refractivity (Wildman–Crippen MR) is 112 cm³/mol. The first-order valence-electron chi connectivity index (χ1n) is 8.72. The van der Waals surface area contributed by atoms with E-state index in [1.54, 1.807) is 19.2 Å². The molecule has 0 saturated carbocycles. The van der Waals surface area contributed by atoms with E-state index in [4.69, 9.17) is 16.3 Å². The number of carbonyl (C=O) groups is 1. The summed E-state index contributed by atoms with van der Waals surface area (Å²) in [6, 6.07) is 7.23. The van der Waals surface area contributed by atoms with Crippen LogP contribution in [0.4, 0.5) is 0 Å². The molecule has 8 heteroatoms. The van der Waals surface area contributed by atoms with E-state index in [9.17, 15) is 14.7 Å². The zero-order chi connectivity index (χ0) is 20.6. The number of fused-ring (bicyclic) bond motifs is 1. The maximum absolute atomic E-state index is 13.5. The van der Waals surface area contributed by atoms with Crippen LogP contribution in [0.1, 0.15) is 24.5 Å². The van der Waals surface area contributed by atoms with Gasteiger partial charge in [-0.25, -0.2) is 9.78 Å². The number of aromatic nitrogens is 2. The number of benzene rings is 1. The van der Waals surface area contributed by atoms with Crippen LogP contribution in [-0.2, 0) is 21.5 Å². The third-order valence-electron chi connectivity index (χ3n) is 4.72. The van der Waals surface area contributed by atoms with Crippen molar-refractivity contribution < 1.29 is 14.6 Å². The van der Waals surface area contributed by atoms with Gasteiger partial charge in [0.2, 0.25) is 0 Å². The summed E-state index contributed by atoms with van der Waals surface area (Å²) in [5.74, 6) is -0.704. The number of hydrogen-bond donors (Lipinski definition) is 1. The van der Waals surface area contributed by atoms with E-state index in [1.807, 2.05) is 19.1 Å². The molecule has 148 valence electrons. The molecule has 0 atom stereocenters. The Bertz CT molecular complexity index is 1100. The van der Waals surface area contributed by atoms with Crippen LogP contribution in [0, 0.1) is 6.92 Å². The van der Waals surface area contributed by atoms with Crippen LogP contribution >= 0.6 is 22.9 Å². The quantitative estimate of drug-likeness (QED) is 0.649. The number of aliphatic carboxylic acids is 1. The number of rotatable bonds is 6. The van der Waals surface area contributed by atoms with Crippen LogP contribution in [-0.4, -0.2) is 34.3 Å². The van der Waals surface area contributed by atoms with Gasteiger partial charge in [-0.05, 0) is 38.5 Å². The van der Waals surface area contributed by atoms with Gasteiger partial charge in [-0.3, -0.25) is 9.36 Å². The first-order chi connectivity index (χ1) is 13.2. The van der Waals surface area contributed by atoms with Gasteiger partial charge in [0, 0.05) is 29.0 Å². The Morgan fingerprint density at radius 2 is 1.96 bits per heavy atom. The van der Waals surface area contributed by atoms with Gasteiger partial charge in [0.05, 0.1) is 12.0 Å². The summed E-state index contributed by atoms with van der Waals surface area (Å²) in [7, 11) is 1.55.